The molecule has 0 spiro atoms. The first kappa shape index (κ1) is 12.8. The first-order valence-electron chi connectivity index (χ1n) is 7.65. The fraction of sp³-hybridized carbons (Fsp3) is 0.812. The fourth-order valence-corrected chi connectivity index (χ4v) is 4.91. The third-order valence-electron chi connectivity index (χ3n) is 5.13. The van der Waals surface area contributed by atoms with E-state index in [1.54, 1.807) is 0 Å². The van der Waals surface area contributed by atoms with E-state index in [0.29, 0.717) is 6.54 Å². The molecule has 4 bridgehead atoms. The van der Waals surface area contributed by atoms with E-state index in [4.69, 9.17) is 0 Å². The predicted octanol–water partition coefficient (Wildman–Crippen LogP) is 2.67. The molecule has 0 aliphatic heterocycles. The Bertz CT molecular complexity index is 383. The molecule has 2 N–H and O–H groups in total. The molecule has 4 aliphatic carbocycles. The van der Waals surface area contributed by atoms with Gasteiger partial charge in [-0.1, -0.05) is 0 Å². The van der Waals surface area contributed by atoms with Crippen LogP contribution in [0.1, 0.15) is 51.9 Å². The lowest BCUT2D eigenvalue weighted by atomic mass is 9.53. The van der Waals surface area contributed by atoms with Gasteiger partial charge in [0.25, 0.3) is 0 Å². The zero-order valence-corrected chi connectivity index (χ0v) is 11.8. The van der Waals surface area contributed by atoms with Gasteiger partial charge in [-0.05, 0) is 63.2 Å². The molecule has 19 heavy (non-hydrogen) atoms. The van der Waals surface area contributed by atoms with Crippen LogP contribution in [0.2, 0.25) is 0 Å². The molecule has 0 unspecified atom stereocenters. The van der Waals surface area contributed by atoms with Gasteiger partial charge in [0, 0.05) is 18.5 Å². The van der Waals surface area contributed by atoms with E-state index in [0.717, 1.165) is 24.2 Å². The summed E-state index contributed by atoms with van der Waals surface area (Å²) in [4.78, 5) is 12.0. The van der Waals surface area contributed by atoms with Crippen molar-refractivity contribution in [3.8, 4) is 11.8 Å². The van der Waals surface area contributed by atoms with Crippen LogP contribution in [0.3, 0.4) is 0 Å². The lowest BCUT2D eigenvalue weighted by Crippen LogP contribution is -2.61. The average Bonchev–Trinajstić information content (AvgIpc) is 2.32. The highest BCUT2D eigenvalue weighted by atomic mass is 16.2. The van der Waals surface area contributed by atoms with Crippen molar-refractivity contribution in [2.75, 3.05) is 6.54 Å². The second-order valence-corrected chi connectivity index (χ2v) is 6.76. The third kappa shape index (κ3) is 2.73. The first-order chi connectivity index (χ1) is 9.19. The summed E-state index contributed by atoms with van der Waals surface area (Å²) in [6, 6.07) is 0.0138. The highest BCUT2D eigenvalue weighted by Crippen LogP contribution is 2.55. The normalized spacial score (nSPS) is 38.5. The summed E-state index contributed by atoms with van der Waals surface area (Å²) in [5.41, 5.74) is 0.120. The van der Waals surface area contributed by atoms with Crippen LogP contribution in [0.25, 0.3) is 0 Å². The van der Waals surface area contributed by atoms with E-state index >= 15 is 0 Å². The Kier molecular flexibility index (Phi) is 3.43. The van der Waals surface area contributed by atoms with Crippen LogP contribution in [0, 0.1) is 29.6 Å². The van der Waals surface area contributed by atoms with E-state index in [-0.39, 0.29) is 11.6 Å². The van der Waals surface area contributed by atoms with Gasteiger partial charge in [-0.25, -0.2) is 4.79 Å². The van der Waals surface area contributed by atoms with Gasteiger partial charge in [0.1, 0.15) is 0 Å². The maximum atomic E-state index is 12.0. The molecule has 0 radical (unpaired) electrons. The predicted molar refractivity (Wildman–Crippen MR) is 75.5 cm³/mol. The van der Waals surface area contributed by atoms with Crippen LogP contribution in [-0.4, -0.2) is 18.1 Å². The Balaban J connectivity index is 1.54. The van der Waals surface area contributed by atoms with Gasteiger partial charge < -0.3 is 10.6 Å². The van der Waals surface area contributed by atoms with Gasteiger partial charge in [0.05, 0.1) is 0 Å². The quantitative estimate of drug-likeness (QED) is 0.594. The van der Waals surface area contributed by atoms with Gasteiger partial charge in [0.2, 0.25) is 0 Å². The first-order valence-corrected chi connectivity index (χ1v) is 7.65. The van der Waals surface area contributed by atoms with Crippen molar-refractivity contribution in [3.05, 3.63) is 0 Å². The number of carbonyl (C=O) groups excluding carboxylic acids is 1. The highest BCUT2D eigenvalue weighted by molar-refractivity contribution is 5.74. The van der Waals surface area contributed by atoms with Crippen molar-refractivity contribution in [3.63, 3.8) is 0 Å². The summed E-state index contributed by atoms with van der Waals surface area (Å²) in [5, 5.41) is 6.24. The Morgan fingerprint density at radius 1 is 1.16 bits per heavy atom. The second kappa shape index (κ2) is 5.07. The van der Waals surface area contributed by atoms with Gasteiger partial charge in [-0.2, -0.15) is 0 Å². The van der Waals surface area contributed by atoms with E-state index in [2.05, 4.69) is 22.5 Å². The smallest absolute Gasteiger partial charge is 0.315 e. The molecular formula is C16H24N2O. The SMILES string of the molecule is CC#CCCNC(=O)NC12CC3CC(CC(C3)C1)C2. The molecule has 4 aliphatic rings. The van der Waals surface area contributed by atoms with Crippen molar-refractivity contribution in [1.82, 2.24) is 10.6 Å². The second-order valence-electron chi connectivity index (χ2n) is 6.76. The fourth-order valence-electron chi connectivity index (χ4n) is 4.91. The Hall–Kier alpha value is -1.17. The molecule has 0 saturated heterocycles. The Morgan fingerprint density at radius 3 is 2.26 bits per heavy atom. The number of hydrogen-bond acceptors (Lipinski definition) is 1. The maximum Gasteiger partial charge on any atom is 0.315 e. The molecule has 0 heterocycles. The number of nitrogens with one attached hydrogen (secondary N) is 2. The van der Waals surface area contributed by atoms with E-state index in [9.17, 15) is 4.79 Å². The Labute approximate surface area is 115 Å². The van der Waals surface area contributed by atoms with Crippen molar-refractivity contribution in [2.24, 2.45) is 17.8 Å². The molecular weight excluding hydrogens is 236 g/mol. The topological polar surface area (TPSA) is 41.1 Å². The van der Waals surface area contributed by atoms with Crippen LogP contribution in [0.4, 0.5) is 4.79 Å². The number of rotatable bonds is 3. The van der Waals surface area contributed by atoms with E-state index < -0.39 is 0 Å². The zero-order valence-electron chi connectivity index (χ0n) is 11.8. The van der Waals surface area contributed by atoms with Crippen LogP contribution >= 0.6 is 0 Å². The molecule has 0 aromatic rings. The molecule has 4 rings (SSSR count). The summed E-state index contributed by atoms with van der Waals surface area (Å²) in [7, 11) is 0. The number of carbonyl (C=O) groups is 1. The lowest BCUT2D eigenvalue weighted by molar-refractivity contribution is -0.0135. The average molecular weight is 260 g/mol. The summed E-state index contributed by atoms with van der Waals surface area (Å²) in [5.74, 6) is 8.43. The minimum absolute atomic E-state index is 0.0138. The van der Waals surface area contributed by atoms with Crippen LogP contribution in [-0.2, 0) is 0 Å². The van der Waals surface area contributed by atoms with Gasteiger partial charge >= 0.3 is 6.03 Å². The lowest BCUT2D eigenvalue weighted by Gasteiger charge is -2.56. The molecule has 3 heteroatoms. The largest absolute Gasteiger partial charge is 0.337 e. The van der Waals surface area contributed by atoms with Gasteiger partial charge in [0.15, 0.2) is 0 Å². The summed E-state index contributed by atoms with van der Waals surface area (Å²) < 4.78 is 0. The molecule has 104 valence electrons. The summed E-state index contributed by atoms with van der Waals surface area (Å²) >= 11 is 0. The molecule has 0 atom stereocenters. The molecule has 3 nitrogen and oxygen atoms in total. The monoisotopic (exact) mass is 260 g/mol. The molecule has 4 fully saturated rings. The van der Waals surface area contributed by atoms with E-state index in [1.165, 1.54) is 38.5 Å². The summed E-state index contributed by atoms with van der Waals surface area (Å²) in [6.45, 7) is 2.48. The highest BCUT2D eigenvalue weighted by Gasteiger charge is 2.51. The Morgan fingerprint density at radius 2 is 1.74 bits per heavy atom. The van der Waals surface area contributed by atoms with Crippen molar-refractivity contribution < 1.29 is 4.79 Å². The van der Waals surface area contributed by atoms with Crippen LogP contribution < -0.4 is 10.6 Å². The van der Waals surface area contributed by atoms with Crippen molar-refractivity contribution in [2.45, 2.75) is 57.4 Å². The molecule has 0 aromatic heterocycles. The molecule has 2 amide bonds. The number of amides is 2. The number of hydrogen-bond donors (Lipinski definition) is 2. The minimum atomic E-state index is 0.0138. The number of urea groups is 1. The minimum Gasteiger partial charge on any atom is -0.337 e. The van der Waals surface area contributed by atoms with Crippen molar-refractivity contribution >= 4 is 6.03 Å². The maximum absolute atomic E-state index is 12.0. The third-order valence-corrected chi connectivity index (χ3v) is 5.13. The van der Waals surface area contributed by atoms with E-state index in [1.807, 2.05) is 6.92 Å². The van der Waals surface area contributed by atoms with Crippen LogP contribution in [0.5, 0.6) is 0 Å². The van der Waals surface area contributed by atoms with Crippen LogP contribution in [0.15, 0.2) is 0 Å². The van der Waals surface area contributed by atoms with Gasteiger partial charge in [-0.3, -0.25) is 0 Å². The van der Waals surface area contributed by atoms with Crippen molar-refractivity contribution in [1.29, 1.82) is 0 Å². The zero-order chi connectivity index (χ0) is 13.3. The molecule has 0 aromatic carbocycles. The summed E-state index contributed by atoms with van der Waals surface area (Å²) in [6.07, 6.45) is 8.60. The van der Waals surface area contributed by atoms with Gasteiger partial charge in [-0.15, -0.1) is 11.8 Å². The standard InChI is InChI=1S/C16H24N2O/c1-2-3-4-5-17-15(19)18-16-9-12-6-13(10-16)8-14(7-12)11-16/h12-14H,4-11H2,1H3,(H2,17,18,19). The molecule has 4 saturated carbocycles.